The Morgan fingerprint density at radius 1 is 1.07 bits per heavy atom. The molecule has 0 aliphatic carbocycles. The number of carbonyl (C=O) groups is 2. The first-order valence-electron chi connectivity index (χ1n) is 8.92. The molecule has 1 fully saturated rings. The van der Waals surface area contributed by atoms with Crippen molar-refractivity contribution < 1.29 is 14.3 Å². The molecule has 1 saturated heterocycles. The standard InChI is InChI=1S/C19H23N5O3/c1-3-27-19(26)24-11-9-23(10-12-24)18(25)16-13-17(21-14-20-16)22(2)15-7-5-4-6-8-15/h4-8,13-14H,3,9-12H2,1-2H3. The summed E-state index contributed by atoms with van der Waals surface area (Å²) in [6.07, 6.45) is 1.06. The molecule has 1 aliphatic rings. The van der Waals surface area contributed by atoms with Gasteiger partial charge in [-0.05, 0) is 19.1 Å². The number of rotatable bonds is 4. The number of ether oxygens (including phenoxy) is 1. The summed E-state index contributed by atoms with van der Waals surface area (Å²) in [6, 6.07) is 11.5. The Morgan fingerprint density at radius 2 is 1.74 bits per heavy atom. The molecule has 0 bridgehead atoms. The van der Waals surface area contributed by atoms with Gasteiger partial charge in [-0.25, -0.2) is 14.8 Å². The van der Waals surface area contributed by atoms with Gasteiger partial charge in [-0.3, -0.25) is 4.79 Å². The molecular weight excluding hydrogens is 346 g/mol. The maximum Gasteiger partial charge on any atom is 0.409 e. The molecule has 0 unspecified atom stereocenters. The van der Waals surface area contributed by atoms with E-state index in [4.69, 9.17) is 4.74 Å². The molecular formula is C19H23N5O3. The molecule has 8 heteroatoms. The summed E-state index contributed by atoms with van der Waals surface area (Å²) in [5, 5.41) is 0. The Kier molecular flexibility index (Phi) is 5.85. The maximum atomic E-state index is 12.8. The third-order valence-electron chi connectivity index (χ3n) is 4.45. The van der Waals surface area contributed by atoms with Crippen LogP contribution in [0.2, 0.25) is 0 Å². The predicted octanol–water partition coefficient (Wildman–Crippen LogP) is 2.16. The molecule has 0 spiro atoms. The van der Waals surface area contributed by atoms with E-state index in [0.29, 0.717) is 44.3 Å². The van der Waals surface area contributed by atoms with Crippen LogP contribution in [0.5, 0.6) is 0 Å². The van der Waals surface area contributed by atoms with Crippen LogP contribution in [0.4, 0.5) is 16.3 Å². The Bertz CT molecular complexity index is 791. The van der Waals surface area contributed by atoms with Crippen LogP contribution in [0.15, 0.2) is 42.7 Å². The largest absolute Gasteiger partial charge is 0.450 e. The quantitative estimate of drug-likeness (QED) is 0.822. The van der Waals surface area contributed by atoms with Crippen molar-refractivity contribution in [2.45, 2.75) is 6.92 Å². The Labute approximate surface area is 158 Å². The third-order valence-corrected chi connectivity index (χ3v) is 4.45. The van der Waals surface area contributed by atoms with Crippen molar-refractivity contribution in [3.8, 4) is 0 Å². The fourth-order valence-corrected chi connectivity index (χ4v) is 2.90. The number of aromatic nitrogens is 2. The highest BCUT2D eigenvalue weighted by Crippen LogP contribution is 2.21. The number of hydrogen-bond acceptors (Lipinski definition) is 6. The number of piperazine rings is 1. The Morgan fingerprint density at radius 3 is 2.41 bits per heavy atom. The number of anilines is 2. The molecule has 1 aliphatic heterocycles. The van der Waals surface area contributed by atoms with Gasteiger partial charge < -0.3 is 19.4 Å². The van der Waals surface area contributed by atoms with E-state index >= 15 is 0 Å². The Balaban J connectivity index is 1.67. The third kappa shape index (κ3) is 4.33. The molecule has 3 rings (SSSR count). The summed E-state index contributed by atoms with van der Waals surface area (Å²) in [5.41, 5.74) is 1.31. The first-order valence-corrected chi connectivity index (χ1v) is 8.92. The molecule has 142 valence electrons. The van der Waals surface area contributed by atoms with Crippen molar-refractivity contribution in [3.63, 3.8) is 0 Å². The zero-order chi connectivity index (χ0) is 19.2. The summed E-state index contributed by atoms with van der Waals surface area (Å²) >= 11 is 0. The lowest BCUT2D eigenvalue weighted by atomic mass is 10.2. The second kappa shape index (κ2) is 8.48. The van der Waals surface area contributed by atoms with Gasteiger partial charge in [0.1, 0.15) is 17.8 Å². The van der Waals surface area contributed by atoms with Crippen LogP contribution < -0.4 is 4.90 Å². The minimum atomic E-state index is -0.335. The SMILES string of the molecule is CCOC(=O)N1CCN(C(=O)c2cc(N(C)c3ccccc3)ncn2)CC1. The number of nitrogens with zero attached hydrogens (tertiary/aromatic N) is 5. The number of para-hydroxylation sites is 1. The van der Waals surface area contributed by atoms with Crippen LogP contribution in [-0.4, -0.2) is 71.6 Å². The summed E-state index contributed by atoms with van der Waals surface area (Å²) in [4.78, 5) is 38.2. The van der Waals surface area contributed by atoms with Crippen LogP contribution in [0.1, 0.15) is 17.4 Å². The van der Waals surface area contributed by atoms with E-state index in [9.17, 15) is 9.59 Å². The fraction of sp³-hybridized carbons (Fsp3) is 0.368. The average Bonchev–Trinajstić information content (AvgIpc) is 2.73. The number of carbonyl (C=O) groups excluding carboxylic acids is 2. The van der Waals surface area contributed by atoms with Crippen molar-refractivity contribution >= 4 is 23.5 Å². The maximum absolute atomic E-state index is 12.8. The van der Waals surface area contributed by atoms with Gasteiger partial charge in [0.15, 0.2) is 0 Å². The van der Waals surface area contributed by atoms with Gasteiger partial charge in [-0.1, -0.05) is 18.2 Å². The smallest absolute Gasteiger partial charge is 0.409 e. The Hall–Kier alpha value is -3.16. The predicted molar refractivity (Wildman–Crippen MR) is 101 cm³/mol. The molecule has 8 nitrogen and oxygen atoms in total. The monoisotopic (exact) mass is 369 g/mol. The molecule has 2 aromatic rings. The molecule has 0 atom stereocenters. The van der Waals surface area contributed by atoms with Gasteiger partial charge in [0, 0.05) is 45.0 Å². The molecule has 2 heterocycles. The van der Waals surface area contributed by atoms with Crippen molar-refractivity contribution in [1.29, 1.82) is 0 Å². The molecule has 27 heavy (non-hydrogen) atoms. The summed E-state index contributed by atoms with van der Waals surface area (Å²) in [7, 11) is 1.89. The van der Waals surface area contributed by atoms with Crippen molar-refractivity contribution in [2.24, 2.45) is 0 Å². The van der Waals surface area contributed by atoms with Gasteiger partial charge >= 0.3 is 6.09 Å². The molecule has 0 radical (unpaired) electrons. The normalized spacial score (nSPS) is 14.0. The minimum absolute atomic E-state index is 0.163. The molecule has 0 N–H and O–H groups in total. The van der Waals surface area contributed by atoms with Crippen molar-refractivity contribution in [2.75, 3.05) is 44.7 Å². The lowest BCUT2D eigenvalue weighted by Crippen LogP contribution is -2.50. The second-order valence-electron chi connectivity index (χ2n) is 6.13. The highest BCUT2D eigenvalue weighted by atomic mass is 16.6. The van der Waals surface area contributed by atoms with E-state index < -0.39 is 0 Å². The number of amides is 2. The van der Waals surface area contributed by atoms with E-state index in [0.717, 1.165) is 5.69 Å². The van der Waals surface area contributed by atoms with Crippen LogP contribution in [0, 0.1) is 0 Å². The lowest BCUT2D eigenvalue weighted by Gasteiger charge is -2.33. The van der Waals surface area contributed by atoms with Gasteiger partial charge in [-0.2, -0.15) is 0 Å². The van der Waals surface area contributed by atoms with E-state index in [1.165, 1.54) is 6.33 Å². The summed E-state index contributed by atoms with van der Waals surface area (Å²) in [6.45, 7) is 3.92. The van der Waals surface area contributed by atoms with E-state index in [2.05, 4.69) is 9.97 Å². The molecule has 1 aromatic heterocycles. The van der Waals surface area contributed by atoms with E-state index in [-0.39, 0.29) is 12.0 Å². The molecule has 1 aromatic carbocycles. The topological polar surface area (TPSA) is 78.9 Å². The molecule has 2 amide bonds. The van der Waals surface area contributed by atoms with E-state index in [1.54, 1.807) is 22.8 Å². The zero-order valence-electron chi connectivity index (χ0n) is 15.5. The number of benzene rings is 1. The van der Waals surface area contributed by atoms with Crippen LogP contribution in [0.25, 0.3) is 0 Å². The number of hydrogen-bond donors (Lipinski definition) is 0. The fourth-order valence-electron chi connectivity index (χ4n) is 2.90. The van der Waals surface area contributed by atoms with Crippen molar-refractivity contribution in [1.82, 2.24) is 19.8 Å². The van der Waals surface area contributed by atoms with Gasteiger partial charge in [0.05, 0.1) is 6.61 Å². The summed E-state index contributed by atoms with van der Waals surface area (Å²) < 4.78 is 5.00. The van der Waals surface area contributed by atoms with Gasteiger partial charge in [0.25, 0.3) is 5.91 Å². The average molecular weight is 369 g/mol. The first kappa shape index (κ1) is 18.6. The summed E-state index contributed by atoms with van der Waals surface area (Å²) in [5.74, 6) is 0.480. The van der Waals surface area contributed by atoms with Crippen LogP contribution >= 0.6 is 0 Å². The lowest BCUT2D eigenvalue weighted by molar-refractivity contribution is 0.0566. The van der Waals surface area contributed by atoms with Crippen LogP contribution in [0.3, 0.4) is 0 Å². The first-order chi connectivity index (χ1) is 13.1. The zero-order valence-corrected chi connectivity index (χ0v) is 15.5. The van der Waals surface area contributed by atoms with Gasteiger partial charge in [0.2, 0.25) is 0 Å². The molecule has 0 saturated carbocycles. The van der Waals surface area contributed by atoms with E-state index in [1.807, 2.05) is 42.3 Å². The van der Waals surface area contributed by atoms with Crippen LogP contribution in [-0.2, 0) is 4.74 Å². The second-order valence-corrected chi connectivity index (χ2v) is 6.13. The highest BCUT2D eigenvalue weighted by molar-refractivity contribution is 5.93. The van der Waals surface area contributed by atoms with Crippen molar-refractivity contribution in [3.05, 3.63) is 48.4 Å². The van der Waals surface area contributed by atoms with Gasteiger partial charge in [-0.15, -0.1) is 0 Å². The highest BCUT2D eigenvalue weighted by Gasteiger charge is 2.26. The minimum Gasteiger partial charge on any atom is -0.450 e.